The lowest BCUT2D eigenvalue weighted by molar-refractivity contribution is 0.304. The number of hydrazone groups is 1. The Balaban J connectivity index is 1.28. The number of anilines is 3. The van der Waals surface area contributed by atoms with E-state index in [4.69, 9.17) is 9.37 Å². The monoisotopic (exact) mass is 649 g/mol. The van der Waals surface area contributed by atoms with Gasteiger partial charge in [-0.05, 0) is 62.1 Å². The number of H-pyrrole nitrogens is 2. The van der Waals surface area contributed by atoms with E-state index in [1.54, 1.807) is 24.4 Å². The third-order valence-corrected chi connectivity index (χ3v) is 6.58. The summed E-state index contributed by atoms with van der Waals surface area (Å²) in [5.41, 5.74) is 6.78. The molecule has 39 heavy (non-hydrogen) atoms. The Morgan fingerprint density at radius 2 is 1.72 bits per heavy atom. The number of fused-ring (bicyclic) bond motifs is 2. The highest BCUT2D eigenvalue weighted by molar-refractivity contribution is 9.11. The van der Waals surface area contributed by atoms with Crippen LogP contribution in [0.25, 0.3) is 22.3 Å². The second kappa shape index (κ2) is 10.7. The van der Waals surface area contributed by atoms with Crippen LogP contribution in [-0.4, -0.2) is 36.5 Å². The van der Waals surface area contributed by atoms with Gasteiger partial charge in [0.15, 0.2) is 11.6 Å². The van der Waals surface area contributed by atoms with Crippen molar-refractivity contribution in [2.75, 3.05) is 10.7 Å². The van der Waals surface area contributed by atoms with Crippen molar-refractivity contribution in [3.63, 3.8) is 0 Å². The van der Waals surface area contributed by atoms with Gasteiger partial charge in [0.1, 0.15) is 12.4 Å². The fourth-order valence-electron chi connectivity index (χ4n) is 3.77. The minimum atomic E-state index is -0.292. The van der Waals surface area contributed by atoms with Crippen LogP contribution in [0.2, 0.25) is 0 Å². The van der Waals surface area contributed by atoms with Gasteiger partial charge in [0.2, 0.25) is 11.3 Å². The molecule has 3 aromatic heterocycles. The summed E-state index contributed by atoms with van der Waals surface area (Å²) in [5, 5.41) is 15.1. The van der Waals surface area contributed by atoms with Gasteiger partial charge in [0, 0.05) is 15.7 Å². The number of hydrogen-bond donors (Lipinski definition) is 4. The normalized spacial score (nSPS) is 11.4. The second-order valence-corrected chi connectivity index (χ2v) is 10.0. The minimum Gasteiger partial charge on any atom is -0.487 e. The molecule has 3 heterocycles. The molecule has 194 valence electrons. The summed E-state index contributed by atoms with van der Waals surface area (Å²) < 4.78 is 12.5. The van der Waals surface area contributed by atoms with Gasteiger partial charge in [-0.25, -0.2) is 14.4 Å². The van der Waals surface area contributed by atoms with E-state index < -0.39 is 0 Å². The fraction of sp³-hybridized carbons (Fsp3) is 0.0400. The summed E-state index contributed by atoms with van der Waals surface area (Å²) in [5.74, 6) is 1.23. The SMILES string of the molecule is O=c1[nH]c2ccc(Nc3nc4nonc4nc3N/N=C/c3cc(Br)cc(Br)c3OCc3ccccc3)cc2[nH]1. The van der Waals surface area contributed by atoms with Crippen LogP contribution in [0.1, 0.15) is 11.1 Å². The number of rotatable bonds is 8. The topological polar surface area (TPSA) is 159 Å². The largest absolute Gasteiger partial charge is 0.487 e. The summed E-state index contributed by atoms with van der Waals surface area (Å²) in [6.07, 6.45) is 1.61. The van der Waals surface area contributed by atoms with Crippen molar-refractivity contribution in [1.82, 2.24) is 30.2 Å². The summed E-state index contributed by atoms with van der Waals surface area (Å²) >= 11 is 7.10. The van der Waals surface area contributed by atoms with Crippen molar-refractivity contribution in [1.29, 1.82) is 0 Å². The standard InChI is InChI=1S/C25H17Br2N9O3/c26-15-8-14(20(17(27)9-15)38-12-13-4-2-1-3-5-13)11-28-34-22-21(32-23-24(33-22)36-39-35-23)29-16-6-7-18-19(10-16)31-25(37)30-18/h1-11H,12H2,(H,29,32,35)(H2,30,31,37)(H,33,34,36)/b28-11+. The van der Waals surface area contributed by atoms with Crippen LogP contribution in [0.4, 0.5) is 17.3 Å². The highest BCUT2D eigenvalue weighted by atomic mass is 79.9. The van der Waals surface area contributed by atoms with Gasteiger partial charge in [-0.2, -0.15) is 10.1 Å². The lowest BCUT2D eigenvalue weighted by Gasteiger charge is -2.12. The molecule has 6 rings (SSSR count). The molecule has 0 amide bonds. The number of halogens is 2. The van der Waals surface area contributed by atoms with E-state index in [2.05, 4.69) is 78.0 Å². The summed E-state index contributed by atoms with van der Waals surface area (Å²) in [7, 11) is 0. The first kappa shape index (κ1) is 24.8. The number of nitrogens with zero attached hydrogens (tertiary/aromatic N) is 5. The third-order valence-electron chi connectivity index (χ3n) is 5.53. The molecule has 0 saturated carbocycles. The Kier molecular flexibility index (Phi) is 6.77. The molecular weight excluding hydrogens is 634 g/mol. The maximum absolute atomic E-state index is 11.6. The van der Waals surface area contributed by atoms with Gasteiger partial charge < -0.3 is 20.0 Å². The Bertz CT molecular complexity index is 1880. The molecular formula is C25H17Br2N9O3. The molecule has 0 aliphatic heterocycles. The van der Waals surface area contributed by atoms with E-state index >= 15 is 0 Å². The smallest absolute Gasteiger partial charge is 0.323 e. The third kappa shape index (κ3) is 5.51. The van der Waals surface area contributed by atoms with Crippen LogP contribution in [0, 0.1) is 0 Å². The summed E-state index contributed by atoms with van der Waals surface area (Å²) in [6, 6.07) is 19.0. The lowest BCUT2D eigenvalue weighted by Crippen LogP contribution is -2.04. The van der Waals surface area contributed by atoms with Crippen LogP contribution >= 0.6 is 31.9 Å². The summed E-state index contributed by atoms with van der Waals surface area (Å²) in [6.45, 7) is 0.390. The highest BCUT2D eigenvalue weighted by Crippen LogP contribution is 2.33. The molecule has 12 nitrogen and oxygen atoms in total. The van der Waals surface area contributed by atoms with E-state index in [0.717, 1.165) is 14.5 Å². The van der Waals surface area contributed by atoms with E-state index in [0.29, 0.717) is 40.5 Å². The first-order valence-corrected chi connectivity index (χ1v) is 13.0. The molecule has 3 aromatic carbocycles. The van der Waals surface area contributed by atoms with E-state index in [-0.39, 0.29) is 22.8 Å². The molecule has 0 aliphatic carbocycles. The molecule has 0 bridgehead atoms. The maximum Gasteiger partial charge on any atom is 0.323 e. The number of ether oxygens (including phenoxy) is 1. The van der Waals surface area contributed by atoms with E-state index in [1.165, 1.54) is 0 Å². The molecule has 0 spiro atoms. The fourth-order valence-corrected chi connectivity index (χ4v) is 5.14. The molecule has 0 saturated heterocycles. The predicted octanol–water partition coefficient (Wildman–Crippen LogP) is 5.48. The van der Waals surface area contributed by atoms with Crippen LogP contribution in [0.3, 0.4) is 0 Å². The van der Waals surface area contributed by atoms with Crippen molar-refractivity contribution in [2.24, 2.45) is 5.10 Å². The number of benzene rings is 3. The molecule has 0 aliphatic rings. The van der Waals surface area contributed by atoms with Gasteiger partial charge >= 0.3 is 5.69 Å². The Morgan fingerprint density at radius 3 is 2.54 bits per heavy atom. The number of imidazole rings is 1. The molecule has 4 N–H and O–H groups in total. The predicted molar refractivity (Wildman–Crippen MR) is 153 cm³/mol. The van der Waals surface area contributed by atoms with Gasteiger partial charge in [0.05, 0.1) is 21.7 Å². The number of aromatic nitrogens is 6. The average molecular weight is 651 g/mol. The highest BCUT2D eigenvalue weighted by Gasteiger charge is 2.14. The van der Waals surface area contributed by atoms with Gasteiger partial charge in [-0.1, -0.05) is 46.3 Å². The molecule has 14 heteroatoms. The molecule has 0 fully saturated rings. The van der Waals surface area contributed by atoms with E-state index in [9.17, 15) is 4.79 Å². The number of nitrogens with one attached hydrogen (secondary N) is 4. The first-order valence-electron chi connectivity index (χ1n) is 11.5. The Labute approximate surface area is 236 Å². The zero-order valence-corrected chi connectivity index (χ0v) is 22.9. The van der Waals surface area contributed by atoms with Crippen LogP contribution in [-0.2, 0) is 6.61 Å². The molecule has 0 atom stereocenters. The zero-order chi connectivity index (χ0) is 26.8. The van der Waals surface area contributed by atoms with Crippen LogP contribution < -0.4 is 21.2 Å². The molecule has 6 aromatic rings. The Morgan fingerprint density at radius 1 is 0.949 bits per heavy atom. The quantitative estimate of drug-likeness (QED) is 0.124. The van der Waals surface area contributed by atoms with Crippen molar-refractivity contribution in [2.45, 2.75) is 6.61 Å². The average Bonchev–Trinajstić information content (AvgIpc) is 3.53. The van der Waals surface area contributed by atoms with Crippen molar-refractivity contribution < 1.29 is 9.37 Å². The van der Waals surface area contributed by atoms with Crippen molar-refractivity contribution in [3.8, 4) is 5.75 Å². The van der Waals surface area contributed by atoms with E-state index in [1.807, 2.05) is 42.5 Å². The summed E-state index contributed by atoms with van der Waals surface area (Å²) in [4.78, 5) is 25.9. The van der Waals surface area contributed by atoms with Crippen molar-refractivity contribution >= 4 is 77.7 Å². The lowest BCUT2D eigenvalue weighted by atomic mass is 10.2. The maximum atomic E-state index is 11.6. The van der Waals surface area contributed by atoms with Crippen LogP contribution in [0.15, 0.2) is 84.1 Å². The molecule has 0 unspecified atom stereocenters. The number of aromatic amines is 2. The first-order chi connectivity index (χ1) is 19.0. The van der Waals surface area contributed by atoms with Crippen molar-refractivity contribution in [3.05, 3.63) is 91.2 Å². The minimum absolute atomic E-state index is 0.209. The van der Waals surface area contributed by atoms with Crippen LogP contribution in [0.5, 0.6) is 5.75 Å². The van der Waals surface area contributed by atoms with Gasteiger partial charge in [-0.15, -0.1) is 0 Å². The molecule has 0 radical (unpaired) electrons. The number of hydrogen-bond acceptors (Lipinski definition) is 10. The zero-order valence-electron chi connectivity index (χ0n) is 19.8. The second-order valence-electron chi connectivity index (χ2n) is 8.25. The Hall–Kier alpha value is -4.56. The van der Waals surface area contributed by atoms with Gasteiger partial charge in [-0.3, -0.25) is 5.43 Å². The van der Waals surface area contributed by atoms with Gasteiger partial charge in [0.25, 0.3) is 0 Å².